The van der Waals surface area contributed by atoms with Crippen LogP contribution in [0.1, 0.15) is 13.8 Å². The van der Waals surface area contributed by atoms with E-state index >= 15 is 0 Å². The average molecular weight is 368 g/mol. The average Bonchev–Trinajstić information content (AvgIpc) is 2.99. The van der Waals surface area contributed by atoms with Gasteiger partial charge in [-0.25, -0.2) is 0 Å². The van der Waals surface area contributed by atoms with Crippen molar-refractivity contribution in [2.75, 3.05) is 30.6 Å². The molecule has 0 saturated heterocycles. The summed E-state index contributed by atoms with van der Waals surface area (Å²) >= 11 is 2.77. The number of carbonyl (C=O) groups excluding carboxylic acids is 1. The number of amides is 1. The molecule has 2 N–H and O–H groups in total. The lowest BCUT2D eigenvalue weighted by molar-refractivity contribution is -0.113. The Balaban J connectivity index is 1.92. The Morgan fingerprint density at radius 1 is 1.29 bits per heavy atom. The van der Waals surface area contributed by atoms with Crippen LogP contribution in [0.15, 0.2) is 22.5 Å². The van der Waals surface area contributed by atoms with Crippen molar-refractivity contribution in [3.8, 4) is 11.5 Å². The lowest BCUT2D eigenvalue weighted by atomic mass is 10.2. The van der Waals surface area contributed by atoms with Crippen molar-refractivity contribution in [3.63, 3.8) is 0 Å². The summed E-state index contributed by atoms with van der Waals surface area (Å²) in [6.07, 6.45) is 0. The van der Waals surface area contributed by atoms with Gasteiger partial charge in [-0.05, 0) is 26.0 Å². The summed E-state index contributed by atoms with van der Waals surface area (Å²) in [5.74, 6) is 1.30. The number of carbonyl (C=O) groups is 1. The molecule has 1 amide bonds. The van der Waals surface area contributed by atoms with Crippen LogP contribution in [0.4, 0.5) is 10.8 Å². The second kappa shape index (κ2) is 8.74. The van der Waals surface area contributed by atoms with Crippen LogP contribution < -0.4 is 20.1 Å². The summed E-state index contributed by atoms with van der Waals surface area (Å²) in [4.78, 5) is 12.2. The minimum Gasteiger partial charge on any atom is -0.497 e. The highest BCUT2D eigenvalue weighted by Gasteiger charge is 2.12. The van der Waals surface area contributed by atoms with Crippen molar-refractivity contribution in [3.05, 3.63) is 18.2 Å². The first kappa shape index (κ1) is 18.3. The van der Waals surface area contributed by atoms with Gasteiger partial charge in [0.1, 0.15) is 11.5 Å². The maximum atomic E-state index is 12.2. The molecule has 2 aromatic rings. The van der Waals surface area contributed by atoms with Gasteiger partial charge in [0.15, 0.2) is 4.34 Å². The molecule has 0 saturated carbocycles. The van der Waals surface area contributed by atoms with Crippen molar-refractivity contribution in [2.45, 2.75) is 24.2 Å². The molecule has 9 heteroatoms. The maximum absolute atomic E-state index is 12.2. The molecule has 1 aromatic carbocycles. The number of aromatic nitrogens is 2. The van der Waals surface area contributed by atoms with Crippen LogP contribution in [0, 0.1) is 0 Å². The molecule has 0 fully saturated rings. The van der Waals surface area contributed by atoms with E-state index < -0.39 is 0 Å². The molecule has 1 heterocycles. The molecule has 7 nitrogen and oxygen atoms in total. The number of hydrogen-bond acceptors (Lipinski definition) is 8. The SMILES string of the molecule is COc1ccc(OC)c(NC(=O)CSc2nnc(NC(C)C)s2)c1. The molecule has 0 aliphatic heterocycles. The van der Waals surface area contributed by atoms with Gasteiger partial charge in [0.05, 0.1) is 25.7 Å². The first-order chi connectivity index (χ1) is 11.5. The summed E-state index contributed by atoms with van der Waals surface area (Å²) in [7, 11) is 3.12. The molecule has 24 heavy (non-hydrogen) atoms. The number of rotatable bonds is 8. The fraction of sp³-hybridized carbons (Fsp3) is 0.400. The van der Waals surface area contributed by atoms with Crippen LogP contribution in [-0.2, 0) is 4.79 Å². The van der Waals surface area contributed by atoms with E-state index in [0.29, 0.717) is 23.2 Å². The van der Waals surface area contributed by atoms with E-state index in [1.54, 1.807) is 32.4 Å². The van der Waals surface area contributed by atoms with Gasteiger partial charge in [0.25, 0.3) is 0 Å². The third-order valence-electron chi connectivity index (χ3n) is 2.83. The Morgan fingerprint density at radius 3 is 2.75 bits per heavy atom. The van der Waals surface area contributed by atoms with E-state index in [1.807, 2.05) is 13.8 Å². The topological polar surface area (TPSA) is 85.4 Å². The van der Waals surface area contributed by atoms with E-state index in [-0.39, 0.29) is 11.7 Å². The van der Waals surface area contributed by atoms with Gasteiger partial charge in [-0.3, -0.25) is 4.79 Å². The summed E-state index contributed by atoms with van der Waals surface area (Å²) in [6.45, 7) is 4.06. The molecule has 0 aliphatic carbocycles. The Labute approximate surface area is 149 Å². The summed E-state index contributed by atoms with van der Waals surface area (Å²) < 4.78 is 11.1. The number of ether oxygens (including phenoxy) is 2. The van der Waals surface area contributed by atoms with Crippen LogP contribution in [0.2, 0.25) is 0 Å². The fourth-order valence-corrected chi connectivity index (χ4v) is 3.50. The molecule has 0 spiro atoms. The van der Waals surface area contributed by atoms with Crippen LogP contribution >= 0.6 is 23.1 Å². The van der Waals surface area contributed by atoms with Crippen molar-refractivity contribution in [2.24, 2.45) is 0 Å². The highest BCUT2D eigenvalue weighted by atomic mass is 32.2. The third kappa shape index (κ3) is 5.27. The molecule has 0 unspecified atom stereocenters. The van der Waals surface area contributed by atoms with Crippen LogP contribution in [0.5, 0.6) is 11.5 Å². The standard InChI is InChI=1S/C15H20N4O3S2/c1-9(2)16-14-18-19-15(24-14)23-8-13(20)17-11-7-10(21-3)5-6-12(11)22-4/h5-7,9H,8H2,1-4H3,(H,16,18)(H,17,20). The van der Waals surface area contributed by atoms with Gasteiger partial charge >= 0.3 is 0 Å². The molecule has 0 aliphatic rings. The molecule has 0 bridgehead atoms. The van der Waals surface area contributed by atoms with E-state index in [9.17, 15) is 4.79 Å². The molecular formula is C15H20N4O3S2. The summed E-state index contributed by atoms with van der Waals surface area (Å²) in [6, 6.07) is 5.53. The zero-order valence-corrected chi connectivity index (χ0v) is 15.6. The Morgan fingerprint density at radius 2 is 2.08 bits per heavy atom. The quantitative estimate of drug-likeness (QED) is 0.693. The van der Waals surface area contributed by atoms with Gasteiger partial charge in [0.2, 0.25) is 11.0 Å². The highest BCUT2D eigenvalue weighted by molar-refractivity contribution is 8.01. The van der Waals surface area contributed by atoms with E-state index in [2.05, 4.69) is 20.8 Å². The van der Waals surface area contributed by atoms with Gasteiger partial charge in [-0.2, -0.15) is 0 Å². The largest absolute Gasteiger partial charge is 0.497 e. The number of anilines is 2. The Hall–Kier alpha value is -2.00. The second-order valence-electron chi connectivity index (χ2n) is 5.08. The predicted octanol–water partition coefficient (Wildman–Crippen LogP) is 3.11. The molecule has 2 rings (SSSR count). The molecule has 1 aromatic heterocycles. The van der Waals surface area contributed by atoms with Gasteiger partial charge in [0, 0.05) is 12.1 Å². The lowest BCUT2D eigenvalue weighted by Crippen LogP contribution is -2.14. The minimum absolute atomic E-state index is 0.153. The fourth-order valence-electron chi connectivity index (χ4n) is 1.80. The van der Waals surface area contributed by atoms with Crippen LogP contribution in [-0.4, -0.2) is 42.1 Å². The first-order valence-corrected chi connectivity index (χ1v) is 9.06. The first-order valence-electron chi connectivity index (χ1n) is 7.26. The van der Waals surface area contributed by atoms with Crippen LogP contribution in [0.25, 0.3) is 0 Å². The van der Waals surface area contributed by atoms with Crippen molar-refractivity contribution in [1.82, 2.24) is 10.2 Å². The summed E-state index contributed by atoms with van der Waals surface area (Å²) in [5.41, 5.74) is 0.571. The number of nitrogens with one attached hydrogen (secondary N) is 2. The molecule has 0 radical (unpaired) electrons. The van der Waals surface area contributed by atoms with Gasteiger partial charge in [-0.1, -0.05) is 23.1 Å². The highest BCUT2D eigenvalue weighted by Crippen LogP contribution is 2.30. The smallest absolute Gasteiger partial charge is 0.234 e. The van der Waals surface area contributed by atoms with Crippen LogP contribution in [0.3, 0.4) is 0 Å². The van der Waals surface area contributed by atoms with E-state index in [1.165, 1.54) is 23.1 Å². The number of nitrogens with zero attached hydrogens (tertiary/aromatic N) is 2. The lowest BCUT2D eigenvalue weighted by Gasteiger charge is -2.11. The zero-order valence-electron chi connectivity index (χ0n) is 14.0. The molecule has 0 atom stereocenters. The predicted molar refractivity (Wildman–Crippen MR) is 97.6 cm³/mol. The Bertz CT molecular complexity index is 691. The van der Waals surface area contributed by atoms with Crippen molar-refractivity contribution in [1.29, 1.82) is 0 Å². The summed E-state index contributed by atoms with van der Waals surface area (Å²) in [5, 5.41) is 14.8. The van der Waals surface area contributed by atoms with E-state index in [4.69, 9.17) is 9.47 Å². The Kier molecular flexibility index (Phi) is 6.68. The normalized spacial score (nSPS) is 10.5. The number of methoxy groups -OCH3 is 2. The maximum Gasteiger partial charge on any atom is 0.234 e. The van der Waals surface area contributed by atoms with Gasteiger partial charge in [-0.15, -0.1) is 10.2 Å². The second-order valence-corrected chi connectivity index (χ2v) is 7.28. The minimum atomic E-state index is -0.153. The third-order valence-corrected chi connectivity index (χ3v) is 4.81. The number of benzene rings is 1. The number of thioether (sulfide) groups is 1. The molecule has 130 valence electrons. The van der Waals surface area contributed by atoms with Crippen molar-refractivity contribution >= 4 is 39.8 Å². The van der Waals surface area contributed by atoms with Gasteiger partial charge < -0.3 is 20.1 Å². The van der Waals surface area contributed by atoms with Crippen molar-refractivity contribution < 1.29 is 14.3 Å². The van der Waals surface area contributed by atoms with E-state index in [0.717, 1.165) is 9.47 Å². The monoisotopic (exact) mass is 368 g/mol. The zero-order chi connectivity index (χ0) is 17.5. The number of hydrogen-bond donors (Lipinski definition) is 2. The molecular weight excluding hydrogens is 348 g/mol.